The van der Waals surface area contributed by atoms with E-state index in [4.69, 9.17) is 4.52 Å². The van der Waals surface area contributed by atoms with Crippen molar-refractivity contribution in [3.63, 3.8) is 0 Å². The Morgan fingerprint density at radius 3 is 2.31 bits per heavy atom. The number of hydrogen-bond donors (Lipinski definition) is 2. The minimum absolute atomic E-state index is 0.0646. The summed E-state index contributed by atoms with van der Waals surface area (Å²) in [5.74, 6) is 0.539. The van der Waals surface area contributed by atoms with Crippen molar-refractivity contribution >= 4 is 29.2 Å². The van der Waals surface area contributed by atoms with Crippen LogP contribution >= 0.6 is 0 Å². The molecule has 1 aliphatic rings. The number of likely N-dealkylation sites (tertiary alicyclic amines) is 1. The number of amides is 3. The molecule has 1 aliphatic heterocycles. The van der Waals surface area contributed by atoms with E-state index in [1.807, 2.05) is 13.8 Å². The van der Waals surface area contributed by atoms with Gasteiger partial charge in [0.05, 0.1) is 0 Å². The second-order valence-corrected chi connectivity index (χ2v) is 7.60. The average Bonchev–Trinajstić information content (AvgIpc) is 3.12. The summed E-state index contributed by atoms with van der Waals surface area (Å²) in [4.78, 5) is 38.6. The molecule has 2 aromatic rings. The lowest BCUT2D eigenvalue weighted by Gasteiger charge is -2.31. The lowest BCUT2D eigenvalue weighted by atomic mass is 9.95. The van der Waals surface area contributed by atoms with E-state index in [9.17, 15) is 14.4 Å². The molecule has 0 aliphatic carbocycles. The molecule has 1 aromatic heterocycles. The third-order valence-electron chi connectivity index (χ3n) is 4.96. The van der Waals surface area contributed by atoms with Gasteiger partial charge in [0.15, 0.2) is 5.82 Å². The van der Waals surface area contributed by atoms with Crippen LogP contribution in [0.1, 0.15) is 42.8 Å². The molecule has 29 heavy (non-hydrogen) atoms. The third-order valence-corrected chi connectivity index (χ3v) is 4.96. The molecule has 0 radical (unpaired) electrons. The average molecular weight is 398 g/mol. The number of benzene rings is 1. The van der Waals surface area contributed by atoms with Gasteiger partial charge >= 0.3 is 0 Å². The Kier molecular flexibility index (Phi) is 6.31. The van der Waals surface area contributed by atoms with E-state index in [0.717, 1.165) is 0 Å². The Hall–Kier alpha value is -3.16. The SMILES string of the molecule is Cc1cc(NC(=O)C2CCN(C(=O)c3ccc(NC(=O)C(C)C)cc3)CC2)no1. The topological polar surface area (TPSA) is 105 Å². The van der Waals surface area contributed by atoms with E-state index < -0.39 is 0 Å². The number of carbonyl (C=O) groups excluding carboxylic acids is 3. The molecule has 0 atom stereocenters. The van der Waals surface area contributed by atoms with Crippen molar-refractivity contribution in [1.29, 1.82) is 0 Å². The van der Waals surface area contributed by atoms with E-state index >= 15 is 0 Å². The summed E-state index contributed by atoms with van der Waals surface area (Å²) < 4.78 is 4.95. The van der Waals surface area contributed by atoms with Gasteiger partial charge in [-0.2, -0.15) is 0 Å². The number of rotatable bonds is 5. The van der Waals surface area contributed by atoms with Crippen molar-refractivity contribution in [2.24, 2.45) is 11.8 Å². The molecule has 2 heterocycles. The molecular formula is C21H26N4O4. The molecule has 8 heteroatoms. The van der Waals surface area contributed by atoms with Crippen molar-refractivity contribution in [3.05, 3.63) is 41.7 Å². The Bertz CT molecular complexity index is 880. The lowest BCUT2D eigenvalue weighted by molar-refractivity contribution is -0.121. The summed E-state index contributed by atoms with van der Waals surface area (Å²) in [6.45, 7) is 6.44. The highest BCUT2D eigenvalue weighted by Crippen LogP contribution is 2.22. The van der Waals surface area contributed by atoms with Gasteiger partial charge in [0.1, 0.15) is 5.76 Å². The fourth-order valence-electron chi connectivity index (χ4n) is 3.16. The summed E-state index contributed by atoms with van der Waals surface area (Å²) in [5, 5.41) is 9.33. The number of hydrogen-bond acceptors (Lipinski definition) is 5. The number of piperidine rings is 1. The maximum absolute atomic E-state index is 12.7. The van der Waals surface area contributed by atoms with Gasteiger partial charge in [-0.3, -0.25) is 14.4 Å². The number of nitrogens with one attached hydrogen (secondary N) is 2. The summed E-state index contributed by atoms with van der Waals surface area (Å²) in [5.41, 5.74) is 1.23. The van der Waals surface area contributed by atoms with Gasteiger partial charge in [-0.25, -0.2) is 0 Å². The normalized spacial score (nSPS) is 14.7. The van der Waals surface area contributed by atoms with E-state index in [1.165, 1.54) is 0 Å². The minimum Gasteiger partial charge on any atom is -0.360 e. The maximum Gasteiger partial charge on any atom is 0.253 e. The molecule has 3 rings (SSSR count). The van der Waals surface area contributed by atoms with E-state index in [0.29, 0.717) is 48.8 Å². The van der Waals surface area contributed by atoms with Crippen LogP contribution < -0.4 is 10.6 Å². The first-order chi connectivity index (χ1) is 13.8. The monoisotopic (exact) mass is 398 g/mol. The second kappa shape index (κ2) is 8.89. The molecule has 1 aromatic carbocycles. The summed E-state index contributed by atoms with van der Waals surface area (Å²) in [7, 11) is 0. The van der Waals surface area contributed by atoms with Crippen LogP contribution in [0.4, 0.5) is 11.5 Å². The molecule has 2 N–H and O–H groups in total. The van der Waals surface area contributed by atoms with Crippen molar-refractivity contribution in [2.45, 2.75) is 33.6 Å². The van der Waals surface area contributed by atoms with Crippen LogP contribution in [0.3, 0.4) is 0 Å². The minimum atomic E-state index is -0.162. The van der Waals surface area contributed by atoms with Gasteiger partial charge in [-0.05, 0) is 44.0 Å². The van der Waals surface area contributed by atoms with Gasteiger partial charge < -0.3 is 20.1 Å². The molecular weight excluding hydrogens is 372 g/mol. The fourth-order valence-corrected chi connectivity index (χ4v) is 3.16. The van der Waals surface area contributed by atoms with Crippen LogP contribution in [-0.4, -0.2) is 40.9 Å². The van der Waals surface area contributed by atoms with Crippen molar-refractivity contribution in [3.8, 4) is 0 Å². The number of carbonyl (C=O) groups is 3. The lowest BCUT2D eigenvalue weighted by Crippen LogP contribution is -2.41. The highest BCUT2D eigenvalue weighted by atomic mass is 16.5. The molecule has 0 bridgehead atoms. The molecule has 1 saturated heterocycles. The van der Waals surface area contributed by atoms with Crippen molar-refractivity contribution in [1.82, 2.24) is 10.1 Å². The molecule has 0 spiro atoms. The Balaban J connectivity index is 1.51. The molecule has 8 nitrogen and oxygen atoms in total. The van der Waals surface area contributed by atoms with Gasteiger partial charge in [-0.1, -0.05) is 19.0 Å². The van der Waals surface area contributed by atoms with E-state index in [-0.39, 0.29) is 29.6 Å². The Labute approximate surface area is 169 Å². The number of aromatic nitrogens is 1. The van der Waals surface area contributed by atoms with Crippen molar-refractivity contribution in [2.75, 3.05) is 23.7 Å². The smallest absolute Gasteiger partial charge is 0.253 e. The maximum atomic E-state index is 12.7. The molecule has 0 unspecified atom stereocenters. The number of anilines is 2. The van der Waals surface area contributed by atoms with Gasteiger partial charge in [0.2, 0.25) is 11.8 Å². The molecule has 0 saturated carbocycles. The third kappa shape index (κ3) is 5.22. The van der Waals surface area contributed by atoms with Gasteiger partial charge in [-0.15, -0.1) is 0 Å². The zero-order chi connectivity index (χ0) is 21.0. The summed E-state index contributed by atoms with van der Waals surface area (Å²) >= 11 is 0. The molecule has 154 valence electrons. The van der Waals surface area contributed by atoms with Crippen LogP contribution in [0.15, 0.2) is 34.9 Å². The van der Waals surface area contributed by atoms with Crippen LogP contribution in [0, 0.1) is 18.8 Å². The second-order valence-electron chi connectivity index (χ2n) is 7.60. The highest BCUT2D eigenvalue weighted by Gasteiger charge is 2.28. The van der Waals surface area contributed by atoms with Crippen LogP contribution in [0.5, 0.6) is 0 Å². The van der Waals surface area contributed by atoms with Gasteiger partial charge in [0.25, 0.3) is 5.91 Å². The van der Waals surface area contributed by atoms with Crippen molar-refractivity contribution < 1.29 is 18.9 Å². The first-order valence-electron chi connectivity index (χ1n) is 9.78. The van der Waals surface area contributed by atoms with Crippen LogP contribution in [-0.2, 0) is 9.59 Å². The first-order valence-corrected chi connectivity index (χ1v) is 9.78. The summed E-state index contributed by atoms with van der Waals surface area (Å²) in [6, 6.07) is 8.55. The number of aryl methyl sites for hydroxylation is 1. The quantitative estimate of drug-likeness (QED) is 0.805. The zero-order valence-electron chi connectivity index (χ0n) is 16.9. The van der Waals surface area contributed by atoms with Crippen LogP contribution in [0.2, 0.25) is 0 Å². The highest BCUT2D eigenvalue weighted by molar-refractivity contribution is 5.96. The van der Waals surface area contributed by atoms with Gasteiger partial charge in [0, 0.05) is 42.2 Å². The molecule has 1 fully saturated rings. The Morgan fingerprint density at radius 1 is 1.10 bits per heavy atom. The first kappa shape index (κ1) is 20.6. The summed E-state index contributed by atoms with van der Waals surface area (Å²) in [6.07, 6.45) is 1.19. The predicted molar refractivity (Wildman–Crippen MR) is 108 cm³/mol. The predicted octanol–water partition coefficient (Wildman–Crippen LogP) is 3.07. The van der Waals surface area contributed by atoms with E-state index in [1.54, 1.807) is 42.2 Å². The fraction of sp³-hybridized carbons (Fsp3) is 0.429. The molecule has 3 amide bonds. The largest absolute Gasteiger partial charge is 0.360 e. The van der Waals surface area contributed by atoms with Crippen LogP contribution in [0.25, 0.3) is 0 Å². The van der Waals surface area contributed by atoms with E-state index in [2.05, 4.69) is 15.8 Å². The standard InChI is InChI=1S/C21H26N4O4/c1-13(2)19(26)22-17-6-4-16(5-7-17)21(28)25-10-8-15(9-11-25)20(27)23-18-12-14(3)29-24-18/h4-7,12-13,15H,8-11H2,1-3H3,(H,22,26)(H,23,24,27). The Morgan fingerprint density at radius 2 is 1.76 bits per heavy atom. The number of nitrogens with zero attached hydrogens (tertiary/aromatic N) is 2. The zero-order valence-corrected chi connectivity index (χ0v) is 16.9.